The van der Waals surface area contributed by atoms with Gasteiger partial charge in [0.05, 0.1) is 5.39 Å². The normalized spacial score (nSPS) is 10.5. The number of H-pyrrole nitrogens is 1. The van der Waals surface area contributed by atoms with Crippen molar-refractivity contribution in [2.24, 2.45) is 0 Å². The van der Waals surface area contributed by atoms with Crippen LogP contribution in [0.15, 0.2) is 42.6 Å². The van der Waals surface area contributed by atoms with E-state index in [-0.39, 0.29) is 6.54 Å². The number of fused-ring (bicyclic) bond motifs is 1. The number of carbonyl (C=O) groups excluding carboxylic acids is 2. The van der Waals surface area contributed by atoms with Crippen LogP contribution in [0, 0.1) is 5.82 Å². The summed E-state index contributed by atoms with van der Waals surface area (Å²) < 4.78 is 13.0. The average Bonchev–Trinajstić information content (AvgIpc) is 2.96. The molecular weight excluding hydrogens is 301 g/mol. The number of benzene rings is 1. The van der Waals surface area contributed by atoms with Crippen molar-refractivity contribution in [3.63, 3.8) is 0 Å². The molecule has 0 bridgehead atoms. The lowest BCUT2D eigenvalue weighted by atomic mass is 10.2. The van der Waals surface area contributed by atoms with Gasteiger partial charge in [0.1, 0.15) is 11.6 Å². The lowest BCUT2D eigenvalue weighted by Crippen LogP contribution is -2.35. The van der Waals surface area contributed by atoms with Gasteiger partial charge < -0.3 is 10.6 Å². The summed E-state index contributed by atoms with van der Waals surface area (Å²) in [5.41, 5.74) is 0.991. The molecule has 0 radical (unpaired) electrons. The molecule has 1 aromatic carbocycles. The molecule has 2 aromatic heterocycles. The lowest BCUT2D eigenvalue weighted by molar-refractivity contribution is -0.136. The van der Waals surface area contributed by atoms with E-state index >= 15 is 0 Å². The molecule has 0 aliphatic rings. The summed E-state index contributed by atoms with van der Waals surface area (Å²) in [6.07, 6.45) is 1.57. The smallest absolute Gasteiger partial charge is 0.314 e. The molecule has 2 heterocycles. The Kier molecular flexibility index (Phi) is 3.96. The Morgan fingerprint density at radius 1 is 1.17 bits per heavy atom. The van der Waals surface area contributed by atoms with Gasteiger partial charge in [-0.05, 0) is 29.8 Å². The van der Waals surface area contributed by atoms with Crippen LogP contribution < -0.4 is 10.6 Å². The van der Waals surface area contributed by atoms with Crippen LogP contribution in [0.1, 0.15) is 5.56 Å². The predicted octanol–water partition coefficient (Wildman–Crippen LogP) is 1.35. The van der Waals surface area contributed by atoms with E-state index in [1.54, 1.807) is 24.4 Å². The number of nitrogens with zero attached hydrogens (tertiary/aromatic N) is 2. The van der Waals surface area contributed by atoms with Crippen molar-refractivity contribution < 1.29 is 14.0 Å². The molecule has 8 heteroatoms. The number of aromatic amines is 1. The van der Waals surface area contributed by atoms with Crippen molar-refractivity contribution in [2.75, 3.05) is 5.32 Å². The monoisotopic (exact) mass is 313 g/mol. The van der Waals surface area contributed by atoms with Gasteiger partial charge in [-0.1, -0.05) is 12.1 Å². The van der Waals surface area contributed by atoms with Crippen molar-refractivity contribution in [3.8, 4) is 0 Å². The Bertz CT molecular complexity index is 877. The number of rotatable bonds is 3. The number of anilines is 1. The van der Waals surface area contributed by atoms with Crippen LogP contribution in [-0.2, 0) is 16.1 Å². The Balaban J connectivity index is 1.62. The van der Waals surface area contributed by atoms with E-state index in [1.807, 2.05) is 0 Å². The van der Waals surface area contributed by atoms with Gasteiger partial charge in [-0.2, -0.15) is 5.10 Å². The largest absolute Gasteiger partial charge is 0.344 e. The Labute approximate surface area is 129 Å². The molecule has 3 rings (SSSR count). The molecule has 0 unspecified atom stereocenters. The molecule has 7 nitrogen and oxygen atoms in total. The zero-order chi connectivity index (χ0) is 16.2. The fourth-order valence-electron chi connectivity index (χ4n) is 2.03. The van der Waals surface area contributed by atoms with Crippen LogP contribution in [0.2, 0.25) is 0 Å². The van der Waals surface area contributed by atoms with Crippen molar-refractivity contribution >= 4 is 28.7 Å². The molecule has 0 saturated heterocycles. The van der Waals surface area contributed by atoms with Crippen LogP contribution >= 0.6 is 0 Å². The maximum absolute atomic E-state index is 13.0. The van der Waals surface area contributed by atoms with Crippen molar-refractivity contribution in [2.45, 2.75) is 6.54 Å². The standard InChI is InChI=1S/C15H12FN5O2/c16-10-4-1-3-9(7-10)8-18-14(22)15(23)19-13-11-5-2-6-17-12(11)20-21-13/h1-7H,8H2,(H,18,22)(H2,17,19,20,21,23). The van der Waals surface area contributed by atoms with Crippen LogP contribution in [-0.4, -0.2) is 27.0 Å². The third kappa shape index (κ3) is 3.31. The van der Waals surface area contributed by atoms with E-state index in [0.717, 1.165) is 0 Å². The second-order valence-corrected chi connectivity index (χ2v) is 4.74. The van der Waals surface area contributed by atoms with Crippen LogP contribution in [0.3, 0.4) is 0 Å². The lowest BCUT2D eigenvalue weighted by Gasteiger charge is -2.05. The zero-order valence-electron chi connectivity index (χ0n) is 11.8. The summed E-state index contributed by atoms with van der Waals surface area (Å²) in [7, 11) is 0. The van der Waals surface area contributed by atoms with Crippen LogP contribution in [0.5, 0.6) is 0 Å². The third-order valence-electron chi connectivity index (χ3n) is 3.12. The minimum Gasteiger partial charge on any atom is -0.344 e. The third-order valence-corrected chi connectivity index (χ3v) is 3.12. The van der Waals surface area contributed by atoms with E-state index in [1.165, 1.54) is 18.2 Å². The van der Waals surface area contributed by atoms with E-state index in [2.05, 4.69) is 25.8 Å². The van der Waals surface area contributed by atoms with Gasteiger partial charge in [0.25, 0.3) is 0 Å². The molecule has 0 saturated carbocycles. The van der Waals surface area contributed by atoms with Crippen molar-refractivity contribution in [1.29, 1.82) is 0 Å². The predicted molar refractivity (Wildman–Crippen MR) is 80.8 cm³/mol. The molecule has 116 valence electrons. The topological polar surface area (TPSA) is 99.8 Å². The first-order valence-corrected chi connectivity index (χ1v) is 6.76. The molecule has 0 aliphatic heterocycles. The number of hydrogen-bond acceptors (Lipinski definition) is 4. The highest BCUT2D eigenvalue weighted by Crippen LogP contribution is 2.17. The van der Waals surface area contributed by atoms with E-state index in [9.17, 15) is 14.0 Å². The molecule has 3 N–H and O–H groups in total. The molecule has 0 aliphatic carbocycles. The van der Waals surface area contributed by atoms with Crippen LogP contribution in [0.4, 0.5) is 10.2 Å². The highest BCUT2D eigenvalue weighted by molar-refractivity contribution is 6.40. The van der Waals surface area contributed by atoms with E-state index in [4.69, 9.17) is 0 Å². The Hall–Kier alpha value is -3.29. The number of pyridine rings is 1. The highest BCUT2D eigenvalue weighted by Gasteiger charge is 2.16. The van der Waals surface area contributed by atoms with Crippen molar-refractivity contribution in [1.82, 2.24) is 20.5 Å². The number of halogens is 1. The van der Waals surface area contributed by atoms with Crippen molar-refractivity contribution in [3.05, 3.63) is 54.0 Å². The van der Waals surface area contributed by atoms with Gasteiger partial charge in [-0.15, -0.1) is 0 Å². The number of nitrogens with one attached hydrogen (secondary N) is 3. The first kappa shape index (κ1) is 14.6. The maximum Gasteiger partial charge on any atom is 0.314 e. The van der Waals surface area contributed by atoms with Gasteiger partial charge >= 0.3 is 11.8 Å². The first-order valence-electron chi connectivity index (χ1n) is 6.76. The summed E-state index contributed by atoms with van der Waals surface area (Å²) in [5.74, 6) is -1.80. The number of carbonyl (C=O) groups is 2. The quantitative estimate of drug-likeness (QED) is 0.636. The molecule has 0 atom stereocenters. The highest BCUT2D eigenvalue weighted by atomic mass is 19.1. The minimum atomic E-state index is -0.851. The van der Waals surface area contributed by atoms with E-state index < -0.39 is 17.6 Å². The Morgan fingerprint density at radius 2 is 2.04 bits per heavy atom. The molecule has 3 aromatic rings. The molecule has 23 heavy (non-hydrogen) atoms. The molecule has 2 amide bonds. The number of hydrogen-bond donors (Lipinski definition) is 3. The molecular formula is C15H12FN5O2. The van der Waals surface area contributed by atoms with E-state index in [0.29, 0.717) is 22.4 Å². The fourth-order valence-corrected chi connectivity index (χ4v) is 2.03. The SMILES string of the molecule is O=C(NCc1cccc(F)c1)C(=O)Nc1[nH]nc2ncccc12. The van der Waals surface area contributed by atoms with Gasteiger partial charge in [-0.25, -0.2) is 9.37 Å². The second kappa shape index (κ2) is 6.22. The number of amides is 2. The second-order valence-electron chi connectivity index (χ2n) is 4.74. The molecule has 0 fully saturated rings. The summed E-state index contributed by atoms with van der Waals surface area (Å²) in [4.78, 5) is 27.7. The number of aromatic nitrogens is 3. The Morgan fingerprint density at radius 3 is 2.87 bits per heavy atom. The fraction of sp³-hybridized carbons (Fsp3) is 0.0667. The zero-order valence-corrected chi connectivity index (χ0v) is 11.8. The van der Waals surface area contributed by atoms with Gasteiger partial charge in [0.2, 0.25) is 0 Å². The van der Waals surface area contributed by atoms with Crippen LogP contribution in [0.25, 0.3) is 11.0 Å². The summed E-state index contributed by atoms with van der Waals surface area (Å²) in [5, 5.41) is 12.0. The minimum absolute atomic E-state index is 0.0509. The first-order chi connectivity index (χ1) is 11.1. The summed E-state index contributed by atoms with van der Waals surface area (Å²) in [6.45, 7) is 0.0509. The summed E-state index contributed by atoms with van der Waals surface area (Å²) in [6, 6.07) is 9.17. The molecule has 0 spiro atoms. The summed E-state index contributed by atoms with van der Waals surface area (Å²) >= 11 is 0. The van der Waals surface area contributed by atoms with Gasteiger partial charge in [0.15, 0.2) is 5.65 Å². The average molecular weight is 313 g/mol. The maximum atomic E-state index is 13.0. The van der Waals surface area contributed by atoms with Gasteiger partial charge in [-0.3, -0.25) is 14.7 Å². The van der Waals surface area contributed by atoms with Gasteiger partial charge in [0, 0.05) is 12.7 Å².